The molecule has 2 heterocycles. The van der Waals surface area contributed by atoms with Crippen LogP contribution in [-0.2, 0) is 6.42 Å². The summed E-state index contributed by atoms with van der Waals surface area (Å²) in [6, 6.07) is 4.07. The van der Waals surface area contributed by atoms with Crippen molar-refractivity contribution in [2.75, 3.05) is 19.0 Å². The molecule has 0 aliphatic rings. The lowest BCUT2D eigenvalue weighted by Crippen LogP contribution is -2.18. The Balaban J connectivity index is 2.38. The fourth-order valence-corrected chi connectivity index (χ4v) is 1.58. The molecule has 5 heteroatoms. The zero-order valence-corrected chi connectivity index (χ0v) is 9.86. The molecule has 86 valence electrons. The molecule has 0 fully saturated rings. The van der Waals surface area contributed by atoms with Gasteiger partial charge in [-0.3, -0.25) is 0 Å². The number of fused-ring (bicyclic) bond motifs is 1. The summed E-state index contributed by atoms with van der Waals surface area (Å²) < 4.78 is 0. The van der Waals surface area contributed by atoms with Gasteiger partial charge in [-0.15, -0.1) is 0 Å². The van der Waals surface area contributed by atoms with Gasteiger partial charge >= 0.3 is 0 Å². The average Bonchev–Trinajstić information content (AvgIpc) is 2.56. The summed E-state index contributed by atoms with van der Waals surface area (Å²) in [6.07, 6.45) is 0.744. The van der Waals surface area contributed by atoms with Crippen LogP contribution in [0.4, 0.5) is 5.82 Å². The van der Waals surface area contributed by atoms with Crippen LogP contribution in [0.25, 0.3) is 11.2 Å². The highest BCUT2D eigenvalue weighted by Crippen LogP contribution is 2.14. The second-order valence-corrected chi connectivity index (χ2v) is 4.30. The normalized spacial score (nSPS) is 13.0. The zero-order chi connectivity index (χ0) is 11.7. The minimum atomic E-state index is 0.105. The number of nitrogens with zero attached hydrogens (tertiary/aromatic N) is 3. The summed E-state index contributed by atoms with van der Waals surface area (Å²) in [5.41, 5.74) is 7.45. The van der Waals surface area contributed by atoms with Crippen molar-refractivity contribution in [3.8, 4) is 0 Å². The molecule has 5 nitrogen and oxygen atoms in total. The number of nitrogens with two attached hydrogens (primary N) is 1. The summed E-state index contributed by atoms with van der Waals surface area (Å²) >= 11 is 0. The van der Waals surface area contributed by atoms with Gasteiger partial charge in [0.25, 0.3) is 0 Å². The molecule has 2 rings (SSSR count). The van der Waals surface area contributed by atoms with Crippen molar-refractivity contribution in [2.24, 2.45) is 5.73 Å². The molecule has 16 heavy (non-hydrogen) atoms. The zero-order valence-electron chi connectivity index (χ0n) is 9.86. The van der Waals surface area contributed by atoms with Crippen molar-refractivity contribution >= 4 is 17.0 Å². The molecule has 2 aromatic rings. The minimum absolute atomic E-state index is 0.105. The highest BCUT2D eigenvalue weighted by molar-refractivity contribution is 5.73. The van der Waals surface area contributed by atoms with E-state index >= 15 is 0 Å². The summed E-state index contributed by atoms with van der Waals surface area (Å²) in [5.74, 6) is 1.81. The number of imidazole rings is 1. The maximum absolute atomic E-state index is 5.74. The monoisotopic (exact) mass is 219 g/mol. The highest BCUT2D eigenvalue weighted by Gasteiger charge is 2.07. The second kappa shape index (κ2) is 4.09. The molecule has 0 bridgehead atoms. The standard InChI is InChI=1S/C11H17N5/c1-7(12)6-9-13-8-4-5-10(16(2)3)15-11(8)14-9/h4-5,7H,6,12H2,1-3H3,(H,13,14,15). The highest BCUT2D eigenvalue weighted by atomic mass is 15.1. The summed E-state index contributed by atoms with van der Waals surface area (Å²) in [5, 5.41) is 0. The molecule has 1 atom stereocenters. The Morgan fingerprint density at radius 3 is 2.75 bits per heavy atom. The predicted molar refractivity (Wildman–Crippen MR) is 65.6 cm³/mol. The van der Waals surface area contributed by atoms with E-state index in [1.54, 1.807) is 0 Å². The Morgan fingerprint density at radius 2 is 2.12 bits per heavy atom. The SMILES string of the molecule is CC(N)Cc1nc2nc(N(C)C)ccc2[nH]1. The Bertz CT molecular complexity index is 486. The number of hydrogen-bond donors (Lipinski definition) is 2. The molecule has 0 aliphatic heterocycles. The van der Waals surface area contributed by atoms with Crippen molar-refractivity contribution in [2.45, 2.75) is 19.4 Å². The number of H-pyrrole nitrogens is 1. The maximum Gasteiger partial charge on any atom is 0.179 e. The molecule has 2 aromatic heterocycles. The van der Waals surface area contributed by atoms with Crippen molar-refractivity contribution in [3.05, 3.63) is 18.0 Å². The van der Waals surface area contributed by atoms with Crippen molar-refractivity contribution in [3.63, 3.8) is 0 Å². The first-order valence-electron chi connectivity index (χ1n) is 5.35. The van der Waals surface area contributed by atoms with Gasteiger partial charge in [-0.25, -0.2) is 9.97 Å². The molecular weight excluding hydrogens is 202 g/mol. The van der Waals surface area contributed by atoms with Gasteiger partial charge in [0, 0.05) is 26.6 Å². The summed E-state index contributed by atoms with van der Waals surface area (Å²) in [7, 11) is 3.92. The molecule has 0 radical (unpaired) electrons. The number of hydrogen-bond acceptors (Lipinski definition) is 4. The maximum atomic E-state index is 5.74. The van der Waals surface area contributed by atoms with E-state index < -0.39 is 0 Å². The Kier molecular flexibility index (Phi) is 2.78. The van der Waals surface area contributed by atoms with Gasteiger partial charge < -0.3 is 15.6 Å². The number of aromatic nitrogens is 3. The average molecular weight is 219 g/mol. The van der Waals surface area contributed by atoms with Crippen LogP contribution < -0.4 is 10.6 Å². The van der Waals surface area contributed by atoms with E-state index in [0.29, 0.717) is 0 Å². The lowest BCUT2D eigenvalue weighted by Gasteiger charge is -2.09. The molecular formula is C11H17N5. The third-order valence-electron chi connectivity index (χ3n) is 2.35. The van der Waals surface area contributed by atoms with Gasteiger partial charge in [-0.2, -0.15) is 0 Å². The Hall–Kier alpha value is -1.62. The molecule has 0 aromatic carbocycles. The number of rotatable bonds is 3. The lowest BCUT2D eigenvalue weighted by molar-refractivity contribution is 0.711. The van der Waals surface area contributed by atoms with Gasteiger partial charge in [0.1, 0.15) is 11.6 Å². The molecule has 0 spiro atoms. The van der Waals surface area contributed by atoms with Gasteiger partial charge in [0.05, 0.1) is 5.52 Å². The summed E-state index contributed by atoms with van der Waals surface area (Å²) in [6.45, 7) is 1.96. The van der Waals surface area contributed by atoms with Crippen molar-refractivity contribution in [1.82, 2.24) is 15.0 Å². The molecule has 0 saturated heterocycles. The van der Waals surface area contributed by atoms with E-state index in [2.05, 4.69) is 15.0 Å². The van der Waals surface area contributed by atoms with Gasteiger partial charge in [-0.1, -0.05) is 0 Å². The fourth-order valence-electron chi connectivity index (χ4n) is 1.58. The number of nitrogens with one attached hydrogen (secondary N) is 1. The van der Waals surface area contributed by atoms with Gasteiger partial charge in [-0.05, 0) is 19.1 Å². The Labute approximate surface area is 94.7 Å². The first-order valence-corrected chi connectivity index (χ1v) is 5.35. The third-order valence-corrected chi connectivity index (χ3v) is 2.35. The number of anilines is 1. The molecule has 0 amide bonds. The fraction of sp³-hybridized carbons (Fsp3) is 0.455. The van der Waals surface area contributed by atoms with Crippen molar-refractivity contribution in [1.29, 1.82) is 0 Å². The van der Waals surface area contributed by atoms with Gasteiger partial charge in [0.2, 0.25) is 0 Å². The van der Waals surface area contributed by atoms with E-state index in [1.165, 1.54) is 0 Å². The van der Waals surface area contributed by atoms with Crippen LogP contribution in [0.2, 0.25) is 0 Å². The van der Waals surface area contributed by atoms with Crippen LogP contribution in [-0.4, -0.2) is 35.1 Å². The molecule has 0 saturated carbocycles. The first kappa shape index (κ1) is 10.9. The van der Waals surface area contributed by atoms with Crippen LogP contribution in [0.1, 0.15) is 12.7 Å². The Morgan fingerprint density at radius 1 is 1.38 bits per heavy atom. The van der Waals surface area contributed by atoms with E-state index in [-0.39, 0.29) is 6.04 Å². The smallest absolute Gasteiger partial charge is 0.179 e. The van der Waals surface area contributed by atoms with Gasteiger partial charge in [0.15, 0.2) is 5.65 Å². The van der Waals surface area contributed by atoms with E-state index in [4.69, 9.17) is 5.73 Å². The topological polar surface area (TPSA) is 70.8 Å². The van der Waals surface area contributed by atoms with E-state index in [1.807, 2.05) is 38.1 Å². The lowest BCUT2D eigenvalue weighted by atomic mass is 10.2. The predicted octanol–water partition coefficient (Wildman–Crippen LogP) is 0.914. The minimum Gasteiger partial charge on any atom is -0.363 e. The van der Waals surface area contributed by atoms with Crippen LogP contribution in [0.5, 0.6) is 0 Å². The quantitative estimate of drug-likeness (QED) is 0.805. The van der Waals surface area contributed by atoms with E-state index in [0.717, 1.165) is 29.2 Å². The summed E-state index contributed by atoms with van der Waals surface area (Å²) in [4.78, 5) is 14.0. The largest absolute Gasteiger partial charge is 0.363 e. The van der Waals surface area contributed by atoms with Crippen LogP contribution in [0, 0.1) is 0 Å². The molecule has 0 aliphatic carbocycles. The third kappa shape index (κ3) is 2.14. The first-order chi connectivity index (χ1) is 7.56. The second-order valence-electron chi connectivity index (χ2n) is 4.30. The number of aromatic amines is 1. The van der Waals surface area contributed by atoms with E-state index in [9.17, 15) is 0 Å². The van der Waals surface area contributed by atoms with Crippen LogP contribution in [0.3, 0.4) is 0 Å². The van der Waals surface area contributed by atoms with Crippen LogP contribution >= 0.6 is 0 Å². The van der Waals surface area contributed by atoms with Crippen LogP contribution in [0.15, 0.2) is 12.1 Å². The number of pyridine rings is 1. The molecule has 1 unspecified atom stereocenters. The van der Waals surface area contributed by atoms with Crippen molar-refractivity contribution < 1.29 is 0 Å². The molecule has 3 N–H and O–H groups in total.